The number of allylic oxidation sites excluding steroid dienone is 4. The maximum Gasteiger partial charge on any atom is 0.358 e. The van der Waals surface area contributed by atoms with Crippen molar-refractivity contribution in [2.24, 2.45) is 5.16 Å². The second kappa shape index (κ2) is 5.15. The zero-order valence-electron chi connectivity index (χ0n) is 9.49. The summed E-state index contributed by atoms with van der Waals surface area (Å²) in [5.74, 6) is -1.49. The van der Waals surface area contributed by atoms with Gasteiger partial charge in [-0.1, -0.05) is 23.4 Å². The Kier molecular flexibility index (Phi) is 3.57. The summed E-state index contributed by atoms with van der Waals surface area (Å²) in [7, 11) is -4.10. The largest absolute Gasteiger partial charge is 0.358 e. The SMILES string of the molecule is O=C1C=CC(=NOS(=O)(=O)c2ccccc2)C(F)=C1. The minimum Gasteiger partial charge on any atom is -0.290 e. The Labute approximate surface area is 108 Å². The lowest BCUT2D eigenvalue weighted by molar-refractivity contribution is -0.110. The first-order chi connectivity index (χ1) is 8.99. The Morgan fingerprint density at radius 1 is 1.11 bits per heavy atom. The van der Waals surface area contributed by atoms with Crippen LogP contribution in [0.1, 0.15) is 0 Å². The van der Waals surface area contributed by atoms with Crippen LogP contribution >= 0.6 is 0 Å². The molecule has 0 amide bonds. The fourth-order valence-electron chi connectivity index (χ4n) is 1.28. The van der Waals surface area contributed by atoms with Gasteiger partial charge in [0.1, 0.15) is 10.6 Å². The third-order valence-corrected chi connectivity index (χ3v) is 3.31. The molecule has 7 heteroatoms. The summed E-state index contributed by atoms with van der Waals surface area (Å²) in [6.45, 7) is 0. The highest BCUT2D eigenvalue weighted by Crippen LogP contribution is 2.14. The molecule has 1 aliphatic carbocycles. The van der Waals surface area contributed by atoms with Crippen LogP contribution in [0.5, 0.6) is 0 Å². The van der Waals surface area contributed by atoms with Crippen molar-refractivity contribution in [1.29, 1.82) is 0 Å². The lowest BCUT2D eigenvalue weighted by Crippen LogP contribution is -2.08. The summed E-state index contributed by atoms with van der Waals surface area (Å²) in [6.07, 6.45) is 2.79. The van der Waals surface area contributed by atoms with Crippen LogP contribution in [0, 0.1) is 0 Å². The van der Waals surface area contributed by atoms with Gasteiger partial charge in [-0.2, -0.15) is 8.42 Å². The highest BCUT2D eigenvalue weighted by Gasteiger charge is 2.17. The third-order valence-electron chi connectivity index (χ3n) is 2.18. The number of hydrogen-bond donors (Lipinski definition) is 0. The molecule has 0 spiro atoms. The van der Waals surface area contributed by atoms with Gasteiger partial charge in [0.15, 0.2) is 11.6 Å². The molecule has 0 unspecified atom stereocenters. The fourth-order valence-corrected chi connectivity index (χ4v) is 2.04. The number of carbonyl (C=O) groups excluding carboxylic acids is 1. The zero-order valence-corrected chi connectivity index (χ0v) is 10.3. The van der Waals surface area contributed by atoms with E-state index in [0.29, 0.717) is 6.08 Å². The topological polar surface area (TPSA) is 72.8 Å². The number of hydrogen-bond acceptors (Lipinski definition) is 5. The summed E-state index contributed by atoms with van der Waals surface area (Å²) < 4.78 is 41.0. The van der Waals surface area contributed by atoms with Crippen LogP contribution in [0.25, 0.3) is 0 Å². The molecule has 2 rings (SSSR count). The molecule has 0 saturated carbocycles. The normalized spacial score (nSPS) is 17.4. The number of nitrogens with zero attached hydrogens (tertiary/aromatic N) is 1. The van der Waals surface area contributed by atoms with Gasteiger partial charge in [-0.25, -0.2) is 4.39 Å². The van der Waals surface area contributed by atoms with Gasteiger partial charge in [-0.3, -0.25) is 9.08 Å². The van der Waals surface area contributed by atoms with E-state index in [1.807, 2.05) is 0 Å². The molecule has 0 atom stereocenters. The maximum absolute atomic E-state index is 13.3. The van der Waals surface area contributed by atoms with Gasteiger partial charge in [0.2, 0.25) is 0 Å². The van der Waals surface area contributed by atoms with Crippen LogP contribution in [0.3, 0.4) is 0 Å². The Balaban J connectivity index is 2.22. The van der Waals surface area contributed by atoms with Crippen LogP contribution in [-0.2, 0) is 19.2 Å². The molecule has 0 fully saturated rings. The number of ketones is 1. The van der Waals surface area contributed by atoms with Gasteiger partial charge in [0, 0.05) is 6.08 Å². The van der Waals surface area contributed by atoms with Crippen molar-refractivity contribution in [1.82, 2.24) is 0 Å². The smallest absolute Gasteiger partial charge is 0.290 e. The maximum atomic E-state index is 13.3. The summed E-state index contributed by atoms with van der Waals surface area (Å²) >= 11 is 0. The van der Waals surface area contributed by atoms with Gasteiger partial charge in [0.05, 0.1) is 0 Å². The molecule has 0 bridgehead atoms. The van der Waals surface area contributed by atoms with Crippen LogP contribution in [0.15, 0.2) is 64.4 Å². The number of oxime groups is 1. The summed E-state index contributed by atoms with van der Waals surface area (Å²) in [6, 6.07) is 7.32. The molecule has 0 heterocycles. The number of halogens is 1. The van der Waals surface area contributed by atoms with Crippen molar-refractivity contribution >= 4 is 21.6 Å². The average molecular weight is 281 g/mol. The quantitative estimate of drug-likeness (QED) is 0.625. The van der Waals surface area contributed by atoms with Crippen molar-refractivity contribution in [2.75, 3.05) is 0 Å². The van der Waals surface area contributed by atoms with E-state index in [1.165, 1.54) is 24.3 Å². The first-order valence-electron chi connectivity index (χ1n) is 5.15. The second-order valence-electron chi connectivity index (χ2n) is 3.55. The molecule has 0 aliphatic heterocycles. The highest BCUT2D eigenvalue weighted by molar-refractivity contribution is 7.86. The van der Waals surface area contributed by atoms with E-state index < -0.39 is 21.7 Å². The molecule has 1 aliphatic rings. The molecule has 0 N–H and O–H groups in total. The van der Waals surface area contributed by atoms with Gasteiger partial charge in [-0.05, 0) is 24.3 Å². The molecule has 19 heavy (non-hydrogen) atoms. The van der Waals surface area contributed by atoms with E-state index in [4.69, 9.17) is 0 Å². The Bertz CT molecular complexity index is 690. The lowest BCUT2D eigenvalue weighted by atomic mass is 10.1. The van der Waals surface area contributed by atoms with Gasteiger partial charge in [-0.15, -0.1) is 0 Å². The van der Waals surface area contributed by atoms with E-state index in [-0.39, 0.29) is 10.6 Å². The first-order valence-corrected chi connectivity index (χ1v) is 6.56. The second-order valence-corrected chi connectivity index (χ2v) is 5.07. The van der Waals surface area contributed by atoms with Crippen molar-refractivity contribution in [3.05, 3.63) is 54.4 Å². The summed E-state index contributed by atoms with van der Waals surface area (Å²) in [5, 5.41) is 3.19. The highest BCUT2D eigenvalue weighted by atomic mass is 32.2. The van der Waals surface area contributed by atoms with Crippen molar-refractivity contribution in [3.63, 3.8) is 0 Å². The first kappa shape index (κ1) is 13.2. The Morgan fingerprint density at radius 3 is 2.42 bits per heavy atom. The molecular weight excluding hydrogens is 273 g/mol. The molecular formula is C12H8FNO4S. The lowest BCUT2D eigenvalue weighted by Gasteiger charge is -2.04. The predicted octanol–water partition coefficient (Wildman–Crippen LogP) is 1.74. The number of benzene rings is 1. The minimum atomic E-state index is -4.10. The predicted molar refractivity (Wildman–Crippen MR) is 65.5 cm³/mol. The number of carbonyl (C=O) groups is 1. The fraction of sp³-hybridized carbons (Fsp3) is 0. The molecule has 0 aromatic heterocycles. The van der Waals surface area contributed by atoms with E-state index in [9.17, 15) is 17.6 Å². The molecule has 1 aromatic carbocycles. The Hall–Kier alpha value is -2.28. The van der Waals surface area contributed by atoms with Crippen molar-refractivity contribution < 1.29 is 21.9 Å². The number of rotatable bonds is 3. The van der Waals surface area contributed by atoms with Crippen LogP contribution in [0.4, 0.5) is 4.39 Å². The van der Waals surface area contributed by atoms with Crippen molar-refractivity contribution in [3.8, 4) is 0 Å². The molecule has 1 aromatic rings. The minimum absolute atomic E-state index is 0.0976. The van der Waals surface area contributed by atoms with Crippen molar-refractivity contribution in [2.45, 2.75) is 4.90 Å². The third kappa shape index (κ3) is 3.14. The zero-order chi connectivity index (χ0) is 13.9. The standard InChI is InChI=1S/C12H8FNO4S/c13-11-8-9(15)6-7-12(11)14-18-19(16,17)10-4-2-1-3-5-10/h1-8H. The molecule has 0 radical (unpaired) electrons. The Morgan fingerprint density at radius 2 is 1.79 bits per heavy atom. The van der Waals surface area contributed by atoms with E-state index in [1.54, 1.807) is 6.07 Å². The van der Waals surface area contributed by atoms with Gasteiger partial charge < -0.3 is 0 Å². The van der Waals surface area contributed by atoms with Crippen LogP contribution in [-0.4, -0.2) is 19.9 Å². The van der Waals surface area contributed by atoms with E-state index >= 15 is 0 Å². The van der Waals surface area contributed by atoms with E-state index in [2.05, 4.69) is 9.44 Å². The van der Waals surface area contributed by atoms with Crippen LogP contribution in [0.2, 0.25) is 0 Å². The molecule has 98 valence electrons. The molecule has 0 saturated heterocycles. The van der Waals surface area contributed by atoms with Gasteiger partial charge in [0.25, 0.3) is 0 Å². The monoisotopic (exact) mass is 281 g/mol. The van der Waals surface area contributed by atoms with Crippen LogP contribution < -0.4 is 0 Å². The summed E-state index contributed by atoms with van der Waals surface area (Å²) in [4.78, 5) is 10.7. The van der Waals surface area contributed by atoms with Gasteiger partial charge >= 0.3 is 10.1 Å². The molecule has 5 nitrogen and oxygen atoms in total. The average Bonchev–Trinajstić information content (AvgIpc) is 2.39. The van der Waals surface area contributed by atoms with E-state index in [0.717, 1.165) is 12.2 Å². The summed E-state index contributed by atoms with van der Waals surface area (Å²) in [5.41, 5.74) is -0.362.